The van der Waals surface area contributed by atoms with Gasteiger partial charge in [0, 0.05) is 41.6 Å². The van der Waals surface area contributed by atoms with Gasteiger partial charge in [-0.2, -0.15) is 0 Å². The van der Waals surface area contributed by atoms with E-state index in [0.29, 0.717) is 28.9 Å². The molecule has 0 spiro atoms. The van der Waals surface area contributed by atoms with Gasteiger partial charge in [0.15, 0.2) is 0 Å². The normalized spacial score (nSPS) is 11.0. The molecule has 1 amide bonds. The largest absolute Gasteiger partial charge is 0.465 e. The molecule has 132 valence electrons. The van der Waals surface area contributed by atoms with Crippen molar-refractivity contribution < 1.29 is 9.21 Å². The van der Waals surface area contributed by atoms with Crippen LogP contribution in [0, 0.1) is 0 Å². The summed E-state index contributed by atoms with van der Waals surface area (Å²) in [4.78, 5) is 18.5. The molecule has 0 atom stereocenters. The first-order valence-corrected chi connectivity index (χ1v) is 8.71. The third-order valence-electron chi connectivity index (χ3n) is 3.72. The highest BCUT2D eigenvalue weighted by Gasteiger charge is 2.14. The van der Waals surface area contributed by atoms with Gasteiger partial charge in [-0.25, -0.2) is 0 Å². The fourth-order valence-corrected chi connectivity index (χ4v) is 2.89. The Morgan fingerprint density at radius 2 is 2.04 bits per heavy atom. The minimum Gasteiger partial charge on any atom is -0.465 e. The van der Waals surface area contributed by atoms with Crippen LogP contribution in [0.1, 0.15) is 16.9 Å². The summed E-state index contributed by atoms with van der Waals surface area (Å²) in [5.74, 6) is 0.459. The van der Waals surface area contributed by atoms with Crippen molar-refractivity contribution in [1.82, 2.24) is 9.88 Å². The van der Waals surface area contributed by atoms with Crippen molar-refractivity contribution in [1.29, 1.82) is 0 Å². The van der Waals surface area contributed by atoms with Crippen LogP contribution in [0.5, 0.6) is 0 Å². The van der Waals surface area contributed by atoms with Gasteiger partial charge < -0.3 is 9.32 Å². The average molecular weight is 387 g/mol. The molecule has 0 radical (unpaired) electrons. The summed E-state index contributed by atoms with van der Waals surface area (Å²) in [7, 11) is 0. The molecule has 2 aromatic heterocycles. The molecule has 0 aliphatic carbocycles. The van der Waals surface area contributed by atoms with Crippen molar-refractivity contribution in [3.63, 3.8) is 0 Å². The number of hydrogen-bond donors (Lipinski definition) is 0. The van der Waals surface area contributed by atoms with E-state index in [4.69, 9.17) is 27.6 Å². The van der Waals surface area contributed by atoms with Gasteiger partial charge in [-0.3, -0.25) is 9.78 Å². The molecule has 0 bridgehead atoms. The Labute approximate surface area is 161 Å². The molecular weight excluding hydrogens is 371 g/mol. The molecule has 0 aliphatic rings. The third kappa shape index (κ3) is 4.97. The SMILES string of the molecule is O=C(/C=C/c1ccco1)N(Cc1cccnc1)Cc1ccc(Cl)cc1Cl. The number of rotatable bonds is 6. The zero-order valence-corrected chi connectivity index (χ0v) is 15.3. The monoisotopic (exact) mass is 386 g/mol. The van der Waals surface area contributed by atoms with Crippen LogP contribution in [0.25, 0.3) is 6.08 Å². The van der Waals surface area contributed by atoms with Crippen molar-refractivity contribution in [3.8, 4) is 0 Å². The maximum Gasteiger partial charge on any atom is 0.247 e. The second kappa shape index (κ2) is 8.70. The van der Waals surface area contributed by atoms with Gasteiger partial charge >= 0.3 is 0 Å². The number of hydrogen-bond acceptors (Lipinski definition) is 3. The molecule has 0 saturated carbocycles. The number of halogens is 2. The molecule has 3 aromatic rings. The molecular formula is C20H16Cl2N2O2. The summed E-state index contributed by atoms with van der Waals surface area (Å²) < 4.78 is 5.23. The summed E-state index contributed by atoms with van der Waals surface area (Å²) in [6.45, 7) is 0.764. The van der Waals surface area contributed by atoms with Crippen molar-refractivity contribution in [3.05, 3.63) is 94.1 Å². The van der Waals surface area contributed by atoms with Crippen molar-refractivity contribution in [2.75, 3.05) is 0 Å². The number of benzene rings is 1. The molecule has 0 saturated heterocycles. The van der Waals surface area contributed by atoms with Gasteiger partial charge in [-0.05, 0) is 47.5 Å². The maximum absolute atomic E-state index is 12.7. The zero-order chi connectivity index (χ0) is 18.4. The second-order valence-corrected chi connectivity index (χ2v) is 6.48. The Morgan fingerprint density at radius 3 is 2.73 bits per heavy atom. The molecule has 0 aliphatic heterocycles. The first-order chi connectivity index (χ1) is 12.6. The minimum atomic E-state index is -0.156. The summed E-state index contributed by atoms with van der Waals surface area (Å²) in [6, 6.07) is 12.6. The first kappa shape index (κ1) is 18.2. The van der Waals surface area contributed by atoms with E-state index in [1.165, 1.54) is 6.08 Å². The van der Waals surface area contributed by atoms with Crippen LogP contribution in [-0.4, -0.2) is 15.8 Å². The number of carbonyl (C=O) groups excluding carboxylic acids is 1. The van der Waals surface area contributed by atoms with Crippen LogP contribution in [0.4, 0.5) is 0 Å². The lowest BCUT2D eigenvalue weighted by atomic mass is 10.2. The lowest BCUT2D eigenvalue weighted by molar-refractivity contribution is -0.127. The lowest BCUT2D eigenvalue weighted by Crippen LogP contribution is -2.28. The van der Waals surface area contributed by atoms with Crippen molar-refractivity contribution >= 4 is 35.2 Å². The number of amides is 1. The number of pyridine rings is 1. The van der Waals surface area contributed by atoms with E-state index in [2.05, 4.69) is 4.98 Å². The van der Waals surface area contributed by atoms with Gasteiger partial charge in [0.25, 0.3) is 0 Å². The Kier molecular flexibility index (Phi) is 6.10. The van der Waals surface area contributed by atoms with Gasteiger partial charge in [0.1, 0.15) is 5.76 Å². The smallest absolute Gasteiger partial charge is 0.247 e. The second-order valence-electron chi connectivity index (χ2n) is 5.64. The molecule has 0 N–H and O–H groups in total. The van der Waals surface area contributed by atoms with Crippen LogP contribution >= 0.6 is 23.2 Å². The van der Waals surface area contributed by atoms with E-state index >= 15 is 0 Å². The molecule has 2 heterocycles. The molecule has 1 aromatic carbocycles. The third-order valence-corrected chi connectivity index (χ3v) is 4.30. The molecule has 0 unspecified atom stereocenters. The topological polar surface area (TPSA) is 46.3 Å². The summed E-state index contributed by atoms with van der Waals surface area (Å²) in [5, 5.41) is 1.08. The fourth-order valence-electron chi connectivity index (χ4n) is 2.42. The van der Waals surface area contributed by atoms with Gasteiger partial charge in [0.05, 0.1) is 6.26 Å². The maximum atomic E-state index is 12.7. The van der Waals surface area contributed by atoms with E-state index in [-0.39, 0.29) is 5.91 Å². The number of nitrogens with zero attached hydrogens (tertiary/aromatic N) is 2. The summed E-state index contributed by atoms with van der Waals surface area (Å²) in [5.41, 5.74) is 1.75. The van der Waals surface area contributed by atoms with Crippen molar-refractivity contribution in [2.24, 2.45) is 0 Å². The Bertz CT molecular complexity index is 893. The van der Waals surface area contributed by atoms with E-state index in [1.807, 2.05) is 18.2 Å². The van der Waals surface area contributed by atoms with Crippen LogP contribution in [-0.2, 0) is 17.9 Å². The van der Waals surface area contributed by atoms with E-state index < -0.39 is 0 Å². The van der Waals surface area contributed by atoms with Gasteiger partial charge in [-0.1, -0.05) is 35.3 Å². The van der Waals surface area contributed by atoms with E-state index in [0.717, 1.165) is 11.1 Å². The lowest BCUT2D eigenvalue weighted by Gasteiger charge is -2.22. The Morgan fingerprint density at radius 1 is 1.15 bits per heavy atom. The average Bonchev–Trinajstić information content (AvgIpc) is 3.15. The first-order valence-electron chi connectivity index (χ1n) is 7.95. The molecule has 6 heteroatoms. The van der Waals surface area contributed by atoms with Crippen LogP contribution < -0.4 is 0 Å². The number of aromatic nitrogens is 1. The van der Waals surface area contributed by atoms with E-state index in [1.54, 1.807) is 53.9 Å². The fraction of sp³-hybridized carbons (Fsp3) is 0.100. The Balaban J connectivity index is 1.81. The molecule has 3 rings (SSSR count). The summed E-state index contributed by atoms with van der Waals surface area (Å²) >= 11 is 12.2. The summed E-state index contributed by atoms with van der Waals surface area (Å²) in [6.07, 6.45) is 8.12. The highest BCUT2D eigenvalue weighted by atomic mass is 35.5. The van der Waals surface area contributed by atoms with Gasteiger partial charge in [-0.15, -0.1) is 0 Å². The molecule has 4 nitrogen and oxygen atoms in total. The molecule has 26 heavy (non-hydrogen) atoms. The predicted molar refractivity (Wildman–Crippen MR) is 103 cm³/mol. The number of furan rings is 1. The number of carbonyl (C=O) groups is 1. The van der Waals surface area contributed by atoms with Crippen LogP contribution in [0.3, 0.4) is 0 Å². The van der Waals surface area contributed by atoms with Gasteiger partial charge in [0.2, 0.25) is 5.91 Å². The quantitative estimate of drug-likeness (QED) is 0.545. The van der Waals surface area contributed by atoms with Crippen molar-refractivity contribution in [2.45, 2.75) is 13.1 Å². The van der Waals surface area contributed by atoms with E-state index in [9.17, 15) is 4.79 Å². The highest BCUT2D eigenvalue weighted by molar-refractivity contribution is 6.35. The standard InChI is InChI=1S/C20H16Cl2N2O2/c21-17-6-5-16(19(22)11-17)14-24(13-15-3-1-9-23-12-15)20(25)8-7-18-4-2-10-26-18/h1-12H,13-14H2/b8-7+. The Hall–Kier alpha value is -2.56. The minimum absolute atomic E-state index is 0.156. The predicted octanol–water partition coefficient (Wildman–Crippen LogP) is 5.22. The zero-order valence-electron chi connectivity index (χ0n) is 13.8. The van der Waals surface area contributed by atoms with Crippen LogP contribution in [0.15, 0.2) is 71.6 Å². The molecule has 0 fully saturated rings. The highest BCUT2D eigenvalue weighted by Crippen LogP contribution is 2.23. The van der Waals surface area contributed by atoms with Crippen LogP contribution in [0.2, 0.25) is 10.0 Å².